The van der Waals surface area contributed by atoms with E-state index in [4.69, 9.17) is 23.4 Å². The highest BCUT2D eigenvalue weighted by Crippen LogP contribution is 2.67. The number of ether oxygens (including phenoxy) is 4. The van der Waals surface area contributed by atoms with Crippen molar-refractivity contribution < 1.29 is 42.9 Å². The van der Waals surface area contributed by atoms with E-state index in [9.17, 15) is 24.3 Å². The number of hydrogen-bond donors (Lipinski definition) is 1. The molecule has 0 saturated heterocycles. The Morgan fingerprint density at radius 1 is 1.04 bits per heavy atom. The maximum Gasteiger partial charge on any atom is 0.345 e. The maximum atomic E-state index is 13.6. The summed E-state index contributed by atoms with van der Waals surface area (Å²) in [7, 11) is 0. The summed E-state index contributed by atoms with van der Waals surface area (Å²) in [6.07, 6.45) is 5.02. The van der Waals surface area contributed by atoms with E-state index in [1.807, 2.05) is 20.8 Å². The van der Waals surface area contributed by atoms with Gasteiger partial charge < -0.3 is 28.5 Å². The lowest BCUT2D eigenvalue weighted by Crippen LogP contribution is -2.71. The molecule has 0 aromatic carbocycles. The van der Waals surface area contributed by atoms with Gasteiger partial charge in [-0.1, -0.05) is 26.7 Å². The van der Waals surface area contributed by atoms with Crippen LogP contribution in [0.15, 0.2) is 39.8 Å². The molecule has 0 spiro atoms. The zero-order valence-corrected chi connectivity index (χ0v) is 27.1. The summed E-state index contributed by atoms with van der Waals surface area (Å²) in [5.41, 5.74) is -3.05. The number of aromatic nitrogens is 1. The Bertz CT molecular complexity index is 1570. The van der Waals surface area contributed by atoms with E-state index in [2.05, 4.69) is 4.98 Å². The van der Waals surface area contributed by atoms with Gasteiger partial charge in [-0.15, -0.1) is 0 Å². The van der Waals surface area contributed by atoms with Gasteiger partial charge in [-0.3, -0.25) is 19.4 Å². The van der Waals surface area contributed by atoms with E-state index in [1.54, 1.807) is 30.6 Å². The van der Waals surface area contributed by atoms with Crippen molar-refractivity contribution in [2.24, 2.45) is 28.6 Å². The minimum atomic E-state index is -1.34. The monoisotopic (exact) mass is 637 g/mol. The largest absolute Gasteiger partial charge is 0.482 e. The number of esters is 3. The van der Waals surface area contributed by atoms with Gasteiger partial charge >= 0.3 is 23.5 Å². The Labute approximate surface area is 268 Å². The first-order valence-electron chi connectivity index (χ1n) is 16.2. The summed E-state index contributed by atoms with van der Waals surface area (Å²) in [6.45, 7) is 8.43. The summed E-state index contributed by atoms with van der Waals surface area (Å²) in [5.74, 6) is -2.18. The van der Waals surface area contributed by atoms with Gasteiger partial charge in [-0.25, -0.2) is 4.79 Å². The first-order valence-corrected chi connectivity index (χ1v) is 16.2. The van der Waals surface area contributed by atoms with Crippen molar-refractivity contribution in [2.45, 2.75) is 103 Å². The molecule has 3 heterocycles. The van der Waals surface area contributed by atoms with Crippen LogP contribution in [0.3, 0.4) is 0 Å². The Kier molecular flexibility index (Phi) is 8.27. The lowest BCUT2D eigenvalue weighted by atomic mass is 9.42. The molecule has 248 valence electrons. The van der Waals surface area contributed by atoms with Gasteiger partial charge in [0, 0.05) is 49.2 Å². The van der Waals surface area contributed by atoms with Crippen molar-refractivity contribution >= 4 is 17.9 Å². The van der Waals surface area contributed by atoms with Crippen LogP contribution in [0, 0.1) is 28.6 Å². The average Bonchev–Trinajstić information content (AvgIpc) is 3.54. The van der Waals surface area contributed by atoms with Crippen LogP contribution in [0.2, 0.25) is 0 Å². The molecule has 8 atom stereocenters. The molecule has 1 N–H and O–H groups in total. The van der Waals surface area contributed by atoms with Crippen molar-refractivity contribution in [3.63, 3.8) is 0 Å². The fraction of sp³-hybridized carbons (Fsp3) is 0.629. The highest BCUT2D eigenvalue weighted by Gasteiger charge is 2.71. The second kappa shape index (κ2) is 11.8. The number of rotatable bonds is 6. The molecule has 3 saturated carbocycles. The van der Waals surface area contributed by atoms with Gasteiger partial charge in [0.15, 0.2) is 0 Å². The highest BCUT2D eigenvalue weighted by molar-refractivity contribution is 5.73. The van der Waals surface area contributed by atoms with Crippen LogP contribution in [0.1, 0.15) is 91.2 Å². The predicted molar refractivity (Wildman–Crippen MR) is 163 cm³/mol. The predicted octanol–water partition coefficient (Wildman–Crippen LogP) is 4.93. The van der Waals surface area contributed by atoms with Gasteiger partial charge in [0.1, 0.15) is 41.5 Å². The van der Waals surface area contributed by atoms with Crippen molar-refractivity contribution in [2.75, 3.05) is 6.61 Å². The molecule has 1 aliphatic heterocycles. The quantitative estimate of drug-likeness (QED) is 0.339. The van der Waals surface area contributed by atoms with Gasteiger partial charge in [-0.05, 0) is 62.5 Å². The van der Waals surface area contributed by atoms with Crippen molar-refractivity contribution in [1.82, 2.24) is 4.98 Å². The van der Waals surface area contributed by atoms with Crippen molar-refractivity contribution in [3.05, 3.63) is 46.6 Å². The van der Waals surface area contributed by atoms with E-state index < -0.39 is 58.2 Å². The van der Waals surface area contributed by atoms with Crippen LogP contribution in [0.5, 0.6) is 5.75 Å². The molecular weight excluding hydrogens is 594 g/mol. The van der Waals surface area contributed by atoms with Crippen molar-refractivity contribution in [1.29, 1.82) is 0 Å². The summed E-state index contributed by atoms with van der Waals surface area (Å²) < 4.78 is 30.3. The Morgan fingerprint density at radius 2 is 1.78 bits per heavy atom. The molecule has 3 unspecified atom stereocenters. The SMILES string of the molecule is CC(=O)OCC1(C)C2C[C@H](OC(=O)C3CCCC3)[C@@]3(C)Oc4cc(-c5cccnc5)oc(=O)c4[C@H](O)C3[C@@]2(C)CC[C@@H]1OC(C)=O. The molecule has 3 aliphatic carbocycles. The highest BCUT2D eigenvalue weighted by atomic mass is 16.6. The van der Waals surface area contributed by atoms with Crippen LogP contribution in [0.25, 0.3) is 11.3 Å². The van der Waals surface area contributed by atoms with E-state index in [0.29, 0.717) is 24.8 Å². The van der Waals surface area contributed by atoms with Gasteiger partial charge in [0.05, 0.1) is 12.0 Å². The molecule has 0 radical (unpaired) electrons. The summed E-state index contributed by atoms with van der Waals surface area (Å²) in [5, 5.41) is 12.3. The number of fused-ring (bicyclic) bond motifs is 4. The fourth-order valence-electron chi connectivity index (χ4n) is 9.24. The van der Waals surface area contributed by atoms with E-state index in [-0.39, 0.29) is 41.5 Å². The molecule has 0 amide bonds. The fourth-order valence-corrected chi connectivity index (χ4v) is 9.24. The van der Waals surface area contributed by atoms with E-state index in [0.717, 1.165) is 25.7 Å². The van der Waals surface area contributed by atoms with Gasteiger partial charge in [0.2, 0.25) is 0 Å². The molecular formula is C35H43NO10. The molecule has 11 heteroatoms. The Balaban J connectivity index is 1.49. The third-order valence-electron chi connectivity index (χ3n) is 11.4. The molecule has 11 nitrogen and oxygen atoms in total. The minimum absolute atomic E-state index is 0.00154. The Hall–Kier alpha value is -3.73. The third kappa shape index (κ3) is 5.30. The summed E-state index contributed by atoms with van der Waals surface area (Å²) in [6, 6.07) is 5.07. The first kappa shape index (κ1) is 32.2. The van der Waals surface area contributed by atoms with Crippen LogP contribution < -0.4 is 10.4 Å². The first-order chi connectivity index (χ1) is 21.8. The van der Waals surface area contributed by atoms with E-state index in [1.165, 1.54) is 13.8 Å². The topological polar surface area (TPSA) is 151 Å². The zero-order valence-electron chi connectivity index (χ0n) is 27.1. The number of carbonyl (C=O) groups excluding carboxylic acids is 3. The molecule has 4 aliphatic rings. The third-order valence-corrected chi connectivity index (χ3v) is 11.4. The Morgan fingerprint density at radius 3 is 2.43 bits per heavy atom. The molecule has 46 heavy (non-hydrogen) atoms. The summed E-state index contributed by atoms with van der Waals surface area (Å²) >= 11 is 0. The zero-order chi connectivity index (χ0) is 33.0. The normalized spacial score (nSPS) is 35.1. The molecule has 2 aromatic heterocycles. The van der Waals surface area contributed by atoms with Crippen LogP contribution >= 0.6 is 0 Å². The second-order valence-electron chi connectivity index (χ2n) is 14.2. The minimum Gasteiger partial charge on any atom is -0.482 e. The number of nitrogens with zero attached hydrogens (tertiary/aromatic N) is 1. The van der Waals surface area contributed by atoms with Gasteiger partial charge in [-0.2, -0.15) is 0 Å². The number of carbonyl (C=O) groups is 3. The maximum absolute atomic E-state index is 13.6. The van der Waals surface area contributed by atoms with Gasteiger partial charge in [0.25, 0.3) is 0 Å². The molecule has 0 bridgehead atoms. The standard InChI is InChI=1S/C35H43NO10/c1-19(37)42-18-34(4)25-16-27(45-31(40)21-9-6-7-10-21)35(5)30(33(25,3)13-12-26(34)43-20(2)38)29(39)28-24(46-35)15-23(44-32(28)41)22-11-8-14-36-17-22/h8,11,14-15,17,21,25-27,29-30,39H,6-7,9-10,12-13,16,18H2,1-5H3/t25?,26-,27-,29-,30?,33-,34?,35+/m0/s1. The molecule has 3 fully saturated rings. The molecule has 6 rings (SSSR count). The number of aliphatic hydroxyl groups excluding tert-OH is 1. The van der Waals surface area contributed by atoms with Crippen LogP contribution in [-0.2, 0) is 28.6 Å². The van der Waals surface area contributed by atoms with Crippen LogP contribution in [-0.4, -0.2) is 52.4 Å². The average molecular weight is 638 g/mol. The smallest absolute Gasteiger partial charge is 0.345 e. The van der Waals surface area contributed by atoms with Crippen molar-refractivity contribution in [3.8, 4) is 17.1 Å². The number of hydrogen-bond acceptors (Lipinski definition) is 11. The lowest BCUT2D eigenvalue weighted by molar-refractivity contribution is -0.271. The molecule has 2 aromatic rings. The number of aliphatic hydroxyl groups is 1. The second-order valence-corrected chi connectivity index (χ2v) is 14.2. The van der Waals surface area contributed by atoms with Crippen LogP contribution in [0.4, 0.5) is 0 Å². The lowest BCUT2D eigenvalue weighted by Gasteiger charge is -2.66. The number of pyridine rings is 1. The summed E-state index contributed by atoms with van der Waals surface area (Å²) in [4.78, 5) is 55.7. The van der Waals surface area contributed by atoms with E-state index >= 15 is 0 Å².